The topological polar surface area (TPSA) is 64.6 Å². The van der Waals surface area contributed by atoms with Gasteiger partial charge in [-0.05, 0) is 37.3 Å². The third-order valence-corrected chi connectivity index (χ3v) is 3.90. The lowest BCUT2D eigenvalue weighted by atomic mass is 10.0. The van der Waals surface area contributed by atoms with Crippen LogP contribution in [-0.2, 0) is 9.53 Å². The SMILES string of the molecule is COc1ccc(C(=O)O[C@H](C)C(=O)NC2CC2)c2ccccc12. The Kier molecular flexibility index (Phi) is 4.19. The number of benzene rings is 2. The average molecular weight is 313 g/mol. The number of carbonyl (C=O) groups is 2. The molecule has 1 N–H and O–H groups in total. The maximum absolute atomic E-state index is 12.4. The Bertz CT molecular complexity index is 752. The summed E-state index contributed by atoms with van der Waals surface area (Å²) in [7, 11) is 1.59. The van der Waals surface area contributed by atoms with Gasteiger partial charge in [0.2, 0.25) is 0 Å². The lowest BCUT2D eigenvalue weighted by Crippen LogP contribution is -2.37. The third-order valence-electron chi connectivity index (χ3n) is 3.90. The van der Waals surface area contributed by atoms with Gasteiger partial charge in [0.1, 0.15) is 5.75 Å². The summed E-state index contributed by atoms with van der Waals surface area (Å²) in [4.78, 5) is 24.3. The predicted molar refractivity (Wildman–Crippen MR) is 86.5 cm³/mol. The van der Waals surface area contributed by atoms with Crippen LogP contribution in [0.15, 0.2) is 36.4 Å². The van der Waals surface area contributed by atoms with E-state index in [4.69, 9.17) is 9.47 Å². The minimum atomic E-state index is -0.816. The molecule has 0 heterocycles. The molecule has 23 heavy (non-hydrogen) atoms. The quantitative estimate of drug-likeness (QED) is 0.862. The fourth-order valence-corrected chi connectivity index (χ4v) is 2.45. The van der Waals surface area contributed by atoms with Gasteiger partial charge in [-0.25, -0.2) is 4.79 Å². The van der Waals surface area contributed by atoms with Gasteiger partial charge in [-0.2, -0.15) is 0 Å². The van der Waals surface area contributed by atoms with Crippen LogP contribution in [0.3, 0.4) is 0 Å². The van der Waals surface area contributed by atoms with Crippen LogP contribution in [0, 0.1) is 0 Å². The fourth-order valence-electron chi connectivity index (χ4n) is 2.45. The molecule has 0 aromatic heterocycles. The first-order valence-electron chi connectivity index (χ1n) is 7.67. The molecule has 2 aromatic rings. The van der Waals surface area contributed by atoms with Crippen LogP contribution in [-0.4, -0.2) is 31.1 Å². The van der Waals surface area contributed by atoms with Crippen LogP contribution in [0.1, 0.15) is 30.1 Å². The molecule has 0 unspecified atom stereocenters. The summed E-state index contributed by atoms with van der Waals surface area (Å²) < 4.78 is 10.6. The van der Waals surface area contributed by atoms with Crippen molar-refractivity contribution in [2.75, 3.05) is 7.11 Å². The molecule has 2 aromatic carbocycles. The average Bonchev–Trinajstić information content (AvgIpc) is 3.37. The van der Waals surface area contributed by atoms with E-state index in [0.717, 1.165) is 23.6 Å². The van der Waals surface area contributed by atoms with Crippen molar-refractivity contribution in [2.45, 2.75) is 31.9 Å². The molecule has 1 aliphatic carbocycles. The van der Waals surface area contributed by atoms with Crippen LogP contribution in [0.5, 0.6) is 5.75 Å². The number of methoxy groups -OCH3 is 1. The highest BCUT2D eigenvalue weighted by atomic mass is 16.5. The Morgan fingerprint density at radius 3 is 2.48 bits per heavy atom. The highest BCUT2D eigenvalue weighted by molar-refractivity contribution is 6.06. The van der Waals surface area contributed by atoms with Gasteiger partial charge in [-0.15, -0.1) is 0 Å². The number of carbonyl (C=O) groups excluding carboxylic acids is 2. The number of hydrogen-bond donors (Lipinski definition) is 1. The van der Waals surface area contributed by atoms with E-state index in [0.29, 0.717) is 11.3 Å². The highest BCUT2D eigenvalue weighted by Gasteiger charge is 2.27. The van der Waals surface area contributed by atoms with Crippen molar-refractivity contribution in [3.8, 4) is 5.75 Å². The van der Waals surface area contributed by atoms with E-state index in [2.05, 4.69) is 5.32 Å². The largest absolute Gasteiger partial charge is 0.496 e. The third kappa shape index (κ3) is 3.28. The second-order valence-corrected chi connectivity index (χ2v) is 5.69. The number of ether oxygens (including phenoxy) is 2. The number of rotatable bonds is 5. The minimum absolute atomic E-state index is 0.241. The van der Waals surface area contributed by atoms with Crippen molar-refractivity contribution in [3.05, 3.63) is 42.0 Å². The maximum atomic E-state index is 12.4. The van der Waals surface area contributed by atoms with E-state index in [1.54, 1.807) is 26.2 Å². The number of hydrogen-bond acceptors (Lipinski definition) is 4. The van der Waals surface area contributed by atoms with E-state index in [1.807, 2.05) is 24.3 Å². The van der Waals surface area contributed by atoms with Gasteiger partial charge < -0.3 is 14.8 Å². The summed E-state index contributed by atoms with van der Waals surface area (Å²) in [6.07, 6.45) is 1.18. The number of amides is 1. The first-order chi connectivity index (χ1) is 11.1. The Morgan fingerprint density at radius 1 is 1.13 bits per heavy atom. The van der Waals surface area contributed by atoms with Crippen LogP contribution in [0.2, 0.25) is 0 Å². The Labute approximate surface area is 134 Å². The molecule has 1 saturated carbocycles. The molecule has 1 aliphatic rings. The van der Waals surface area contributed by atoms with Gasteiger partial charge in [-0.1, -0.05) is 24.3 Å². The lowest BCUT2D eigenvalue weighted by Gasteiger charge is -2.15. The van der Waals surface area contributed by atoms with Gasteiger partial charge in [-0.3, -0.25) is 4.79 Å². The van der Waals surface area contributed by atoms with Gasteiger partial charge >= 0.3 is 5.97 Å². The van der Waals surface area contributed by atoms with E-state index in [1.165, 1.54) is 0 Å². The molecule has 1 atom stereocenters. The summed E-state index contributed by atoms with van der Waals surface area (Å²) in [5.41, 5.74) is 0.424. The van der Waals surface area contributed by atoms with Crippen molar-refractivity contribution in [3.63, 3.8) is 0 Å². The smallest absolute Gasteiger partial charge is 0.339 e. The Balaban J connectivity index is 1.81. The van der Waals surface area contributed by atoms with E-state index in [-0.39, 0.29) is 11.9 Å². The second-order valence-electron chi connectivity index (χ2n) is 5.69. The van der Waals surface area contributed by atoms with Crippen LogP contribution < -0.4 is 10.1 Å². The summed E-state index contributed by atoms with van der Waals surface area (Å²) in [5, 5.41) is 4.40. The van der Waals surface area contributed by atoms with Crippen molar-refractivity contribution in [1.82, 2.24) is 5.32 Å². The summed E-state index contributed by atoms with van der Waals surface area (Å²) in [6.45, 7) is 1.58. The van der Waals surface area contributed by atoms with E-state index < -0.39 is 12.1 Å². The van der Waals surface area contributed by atoms with Gasteiger partial charge in [0.05, 0.1) is 12.7 Å². The Hall–Kier alpha value is -2.56. The molecule has 0 spiro atoms. The molecular formula is C18H19NO4. The summed E-state index contributed by atoms with van der Waals surface area (Å²) in [5.74, 6) is -0.0716. The highest BCUT2D eigenvalue weighted by Crippen LogP contribution is 2.29. The lowest BCUT2D eigenvalue weighted by molar-refractivity contribution is -0.129. The molecule has 0 aliphatic heterocycles. The molecule has 1 amide bonds. The standard InChI is InChI=1S/C18H19NO4/c1-11(17(20)19-12-7-8-12)23-18(21)15-9-10-16(22-2)14-6-4-3-5-13(14)15/h3-6,9-12H,7-8H2,1-2H3,(H,19,20)/t11-/m1/s1. The minimum Gasteiger partial charge on any atom is -0.496 e. The zero-order valence-corrected chi connectivity index (χ0v) is 13.2. The van der Waals surface area contributed by atoms with E-state index in [9.17, 15) is 9.59 Å². The molecule has 0 bridgehead atoms. The normalized spacial score (nSPS) is 15.0. The van der Waals surface area contributed by atoms with Crippen molar-refractivity contribution >= 4 is 22.6 Å². The summed E-state index contributed by atoms with van der Waals surface area (Å²) in [6, 6.07) is 11.1. The van der Waals surface area contributed by atoms with Crippen molar-refractivity contribution < 1.29 is 19.1 Å². The van der Waals surface area contributed by atoms with Crippen LogP contribution in [0.25, 0.3) is 10.8 Å². The monoisotopic (exact) mass is 313 g/mol. The molecule has 120 valence electrons. The molecule has 0 radical (unpaired) electrons. The molecule has 1 fully saturated rings. The maximum Gasteiger partial charge on any atom is 0.339 e. The number of nitrogens with one attached hydrogen (secondary N) is 1. The summed E-state index contributed by atoms with van der Waals surface area (Å²) >= 11 is 0. The Morgan fingerprint density at radius 2 is 1.83 bits per heavy atom. The second kappa shape index (κ2) is 6.28. The molecule has 3 rings (SSSR count). The van der Waals surface area contributed by atoms with Crippen molar-refractivity contribution in [2.24, 2.45) is 0 Å². The fraction of sp³-hybridized carbons (Fsp3) is 0.333. The first-order valence-corrected chi connectivity index (χ1v) is 7.67. The van der Waals surface area contributed by atoms with E-state index >= 15 is 0 Å². The number of esters is 1. The molecule has 0 saturated heterocycles. The molecule has 5 heteroatoms. The molecular weight excluding hydrogens is 294 g/mol. The van der Waals surface area contributed by atoms with Gasteiger partial charge in [0.25, 0.3) is 5.91 Å². The van der Waals surface area contributed by atoms with Crippen LogP contribution >= 0.6 is 0 Å². The van der Waals surface area contributed by atoms with Gasteiger partial charge in [0, 0.05) is 11.4 Å². The zero-order chi connectivity index (χ0) is 16.4. The first kappa shape index (κ1) is 15.3. The predicted octanol–water partition coefficient (Wildman–Crippen LogP) is 2.67. The number of fused-ring (bicyclic) bond motifs is 1. The van der Waals surface area contributed by atoms with Gasteiger partial charge in [0.15, 0.2) is 6.10 Å². The zero-order valence-electron chi connectivity index (χ0n) is 13.2. The van der Waals surface area contributed by atoms with Crippen LogP contribution in [0.4, 0.5) is 0 Å². The van der Waals surface area contributed by atoms with Crippen molar-refractivity contribution in [1.29, 1.82) is 0 Å². The molecule has 5 nitrogen and oxygen atoms in total.